The fourth-order valence-corrected chi connectivity index (χ4v) is 2.98. The number of likely N-dealkylation sites (tertiary alicyclic amines) is 1. The largest absolute Gasteiger partial charge is 0.395 e. The lowest BCUT2D eigenvalue weighted by Gasteiger charge is -2.15. The van der Waals surface area contributed by atoms with Crippen molar-refractivity contribution < 1.29 is 9.90 Å². The minimum Gasteiger partial charge on any atom is -0.395 e. The number of para-hydroxylation sites is 1. The molecule has 0 unspecified atom stereocenters. The highest BCUT2D eigenvalue weighted by Crippen LogP contribution is 2.16. The summed E-state index contributed by atoms with van der Waals surface area (Å²) in [6.45, 7) is 0.738. The Morgan fingerprint density at radius 3 is 2.95 bits per heavy atom. The van der Waals surface area contributed by atoms with Crippen LogP contribution in [-0.2, 0) is 0 Å². The molecule has 2 aromatic rings. The van der Waals surface area contributed by atoms with Crippen LogP contribution < -0.4 is 10.9 Å². The number of carbonyl (C=O) groups excluding carboxylic acids is 1. The maximum absolute atomic E-state index is 12.4. The molecular formula is C16H19N3O3. The molecule has 2 atom stereocenters. The number of likely N-dealkylation sites (N-methyl/N-ethyl adjacent to an activating group) is 1. The monoisotopic (exact) mass is 301 g/mol. The number of fused-ring (bicyclic) bond motifs is 1. The first-order valence-electron chi connectivity index (χ1n) is 7.32. The highest BCUT2D eigenvalue weighted by molar-refractivity contribution is 5.97. The molecule has 1 aromatic carbocycles. The predicted molar refractivity (Wildman–Crippen MR) is 83.9 cm³/mol. The van der Waals surface area contributed by atoms with E-state index in [2.05, 4.69) is 10.3 Å². The number of pyridine rings is 1. The van der Waals surface area contributed by atoms with E-state index >= 15 is 0 Å². The molecule has 6 heteroatoms. The van der Waals surface area contributed by atoms with Gasteiger partial charge in [0.15, 0.2) is 0 Å². The Bertz CT molecular complexity index is 756. The Kier molecular flexibility index (Phi) is 3.96. The van der Waals surface area contributed by atoms with Crippen LogP contribution in [0.25, 0.3) is 10.9 Å². The summed E-state index contributed by atoms with van der Waals surface area (Å²) in [6.07, 6.45) is 0.685. The minimum atomic E-state index is -0.388. The molecule has 3 N–H and O–H groups in total. The third-order valence-corrected chi connectivity index (χ3v) is 4.23. The molecule has 0 radical (unpaired) electrons. The van der Waals surface area contributed by atoms with Gasteiger partial charge < -0.3 is 15.4 Å². The number of H-pyrrole nitrogens is 1. The summed E-state index contributed by atoms with van der Waals surface area (Å²) >= 11 is 0. The third-order valence-electron chi connectivity index (χ3n) is 4.23. The van der Waals surface area contributed by atoms with E-state index in [0.29, 0.717) is 18.5 Å². The van der Waals surface area contributed by atoms with Crippen molar-refractivity contribution >= 4 is 16.8 Å². The molecule has 0 saturated carbocycles. The van der Waals surface area contributed by atoms with E-state index in [1.807, 2.05) is 30.1 Å². The van der Waals surface area contributed by atoms with Gasteiger partial charge in [0.2, 0.25) is 0 Å². The van der Waals surface area contributed by atoms with Gasteiger partial charge in [-0.05, 0) is 31.0 Å². The number of aromatic amines is 1. The Morgan fingerprint density at radius 2 is 2.23 bits per heavy atom. The highest BCUT2D eigenvalue weighted by Gasteiger charge is 2.30. The number of rotatable bonds is 3. The lowest BCUT2D eigenvalue weighted by molar-refractivity contribution is 0.0937. The molecule has 3 rings (SSSR count). The molecule has 0 bridgehead atoms. The number of amides is 1. The van der Waals surface area contributed by atoms with E-state index in [0.717, 1.165) is 5.39 Å². The normalized spacial score (nSPS) is 22.1. The predicted octanol–water partition coefficient (Wildman–Crippen LogP) is 0.323. The summed E-state index contributed by atoms with van der Waals surface area (Å²) in [5, 5.41) is 13.0. The number of aromatic nitrogens is 1. The molecule has 2 heterocycles. The maximum Gasteiger partial charge on any atom is 0.261 e. The van der Waals surface area contributed by atoms with Crippen LogP contribution in [-0.4, -0.2) is 53.2 Å². The van der Waals surface area contributed by atoms with Gasteiger partial charge >= 0.3 is 0 Å². The molecular weight excluding hydrogens is 282 g/mol. The molecule has 1 aromatic heterocycles. The van der Waals surface area contributed by atoms with Crippen molar-refractivity contribution in [2.24, 2.45) is 0 Å². The van der Waals surface area contributed by atoms with Crippen LogP contribution >= 0.6 is 0 Å². The van der Waals surface area contributed by atoms with Gasteiger partial charge in [-0.15, -0.1) is 0 Å². The van der Waals surface area contributed by atoms with Crippen LogP contribution in [0.5, 0.6) is 0 Å². The van der Waals surface area contributed by atoms with E-state index in [-0.39, 0.29) is 35.7 Å². The SMILES string of the molecule is CN1C[C@H](NC(=O)c2cc3ccccc3[nH]c2=O)C[C@H]1CO. The zero-order valence-corrected chi connectivity index (χ0v) is 12.4. The van der Waals surface area contributed by atoms with Crippen molar-refractivity contribution in [1.82, 2.24) is 15.2 Å². The quantitative estimate of drug-likeness (QED) is 0.762. The molecule has 1 aliphatic rings. The highest BCUT2D eigenvalue weighted by atomic mass is 16.3. The van der Waals surface area contributed by atoms with Crippen molar-refractivity contribution in [2.75, 3.05) is 20.2 Å². The average molecular weight is 301 g/mol. The zero-order chi connectivity index (χ0) is 15.7. The summed E-state index contributed by atoms with van der Waals surface area (Å²) in [5.74, 6) is -0.371. The van der Waals surface area contributed by atoms with Gasteiger partial charge in [-0.2, -0.15) is 0 Å². The van der Waals surface area contributed by atoms with E-state index in [4.69, 9.17) is 0 Å². The number of hydrogen-bond acceptors (Lipinski definition) is 4. The molecule has 0 spiro atoms. The van der Waals surface area contributed by atoms with Crippen LogP contribution in [0.1, 0.15) is 16.8 Å². The van der Waals surface area contributed by atoms with Crippen molar-refractivity contribution in [3.8, 4) is 0 Å². The maximum atomic E-state index is 12.4. The Balaban J connectivity index is 1.81. The second-order valence-electron chi connectivity index (χ2n) is 5.78. The summed E-state index contributed by atoms with van der Waals surface area (Å²) in [4.78, 5) is 29.2. The van der Waals surface area contributed by atoms with Gasteiger partial charge in [0, 0.05) is 24.1 Å². The number of aliphatic hydroxyl groups is 1. The van der Waals surface area contributed by atoms with Crippen molar-refractivity contribution in [3.05, 3.63) is 46.2 Å². The number of nitrogens with one attached hydrogen (secondary N) is 2. The van der Waals surface area contributed by atoms with Crippen LogP contribution in [0.3, 0.4) is 0 Å². The number of nitrogens with zero attached hydrogens (tertiary/aromatic N) is 1. The van der Waals surface area contributed by atoms with Crippen LogP contribution in [0.2, 0.25) is 0 Å². The lowest BCUT2D eigenvalue weighted by Crippen LogP contribution is -2.38. The summed E-state index contributed by atoms with van der Waals surface area (Å²) in [5.41, 5.74) is 0.444. The fraction of sp³-hybridized carbons (Fsp3) is 0.375. The second kappa shape index (κ2) is 5.90. The summed E-state index contributed by atoms with van der Waals surface area (Å²) in [7, 11) is 1.91. The topological polar surface area (TPSA) is 85.4 Å². The Labute approximate surface area is 127 Å². The number of hydrogen-bond donors (Lipinski definition) is 3. The van der Waals surface area contributed by atoms with Gasteiger partial charge in [0.05, 0.1) is 6.61 Å². The Hall–Kier alpha value is -2.18. The average Bonchev–Trinajstić information content (AvgIpc) is 2.86. The molecule has 1 amide bonds. The van der Waals surface area contributed by atoms with Crippen LogP contribution in [0, 0.1) is 0 Å². The van der Waals surface area contributed by atoms with E-state index < -0.39 is 0 Å². The van der Waals surface area contributed by atoms with Crippen molar-refractivity contribution in [3.63, 3.8) is 0 Å². The number of aliphatic hydroxyl groups excluding tert-OH is 1. The smallest absolute Gasteiger partial charge is 0.261 e. The molecule has 116 valence electrons. The fourth-order valence-electron chi connectivity index (χ4n) is 2.98. The standard InChI is InChI=1S/C16H19N3O3/c1-19-8-11(7-12(19)9-20)17-15(21)13-6-10-4-2-3-5-14(10)18-16(13)22/h2-6,11-12,20H,7-9H2,1H3,(H,17,21)(H,18,22)/t11-,12+/m1/s1. The molecule has 1 fully saturated rings. The first kappa shape index (κ1) is 14.7. The van der Waals surface area contributed by atoms with Crippen molar-refractivity contribution in [2.45, 2.75) is 18.5 Å². The summed E-state index contributed by atoms with van der Waals surface area (Å²) < 4.78 is 0. The minimum absolute atomic E-state index is 0.0551. The van der Waals surface area contributed by atoms with E-state index in [9.17, 15) is 14.7 Å². The van der Waals surface area contributed by atoms with Gasteiger partial charge in [0.1, 0.15) is 5.56 Å². The first-order valence-corrected chi connectivity index (χ1v) is 7.32. The zero-order valence-electron chi connectivity index (χ0n) is 12.4. The molecule has 1 saturated heterocycles. The van der Waals surface area contributed by atoms with Crippen LogP contribution in [0.15, 0.2) is 35.1 Å². The summed E-state index contributed by atoms with van der Waals surface area (Å²) in [6, 6.07) is 8.97. The molecule has 6 nitrogen and oxygen atoms in total. The molecule has 1 aliphatic heterocycles. The van der Waals surface area contributed by atoms with Gasteiger partial charge in [-0.3, -0.25) is 14.5 Å². The molecule has 0 aliphatic carbocycles. The number of carbonyl (C=O) groups is 1. The van der Waals surface area contributed by atoms with Gasteiger partial charge in [0.25, 0.3) is 11.5 Å². The van der Waals surface area contributed by atoms with Gasteiger partial charge in [-0.1, -0.05) is 18.2 Å². The van der Waals surface area contributed by atoms with E-state index in [1.54, 1.807) is 12.1 Å². The second-order valence-corrected chi connectivity index (χ2v) is 5.78. The third kappa shape index (κ3) is 2.75. The van der Waals surface area contributed by atoms with Crippen molar-refractivity contribution in [1.29, 1.82) is 0 Å². The van der Waals surface area contributed by atoms with Gasteiger partial charge in [-0.25, -0.2) is 0 Å². The lowest BCUT2D eigenvalue weighted by atomic mass is 10.1. The molecule has 22 heavy (non-hydrogen) atoms. The number of benzene rings is 1. The first-order chi connectivity index (χ1) is 10.6. The Morgan fingerprint density at radius 1 is 1.45 bits per heavy atom. The van der Waals surface area contributed by atoms with E-state index in [1.165, 1.54) is 0 Å². The van der Waals surface area contributed by atoms with Crippen LogP contribution in [0.4, 0.5) is 0 Å².